The monoisotopic (exact) mass is 196 g/mol. The fraction of sp³-hybridized carbons (Fsp3) is 0.857. The van der Waals surface area contributed by atoms with Crippen LogP contribution in [-0.2, 0) is 0 Å². The van der Waals surface area contributed by atoms with Crippen molar-refractivity contribution in [3.8, 4) is 0 Å². The van der Waals surface area contributed by atoms with E-state index in [1.807, 2.05) is 0 Å². The van der Waals surface area contributed by atoms with E-state index in [-0.39, 0.29) is 13.1 Å². The van der Waals surface area contributed by atoms with Crippen LogP contribution in [0.25, 0.3) is 10.4 Å². The molecule has 1 aliphatic rings. The molecule has 0 spiro atoms. The van der Waals surface area contributed by atoms with Crippen LogP contribution in [0.15, 0.2) is 5.11 Å². The number of carbonyl (C=O) groups is 1. The van der Waals surface area contributed by atoms with Crippen molar-refractivity contribution in [1.29, 1.82) is 0 Å². The minimum Gasteiger partial charge on any atom is -0.349 e. The van der Waals surface area contributed by atoms with E-state index in [9.17, 15) is 9.18 Å². The van der Waals surface area contributed by atoms with Gasteiger partial charge >= 0.3 is 0 Å². The Morgan fingerprint density at radius 1 is 1.79 bits per heavy atom. The lowest BCUT2D eigenvalue weighted by atomic mass is 9.93. The van der Waals surface area contributed by atoms with Crippen molar-refractivity contribution in [2.75, 3.05) is 19.6 Å². The van der Waals surface area contributed by atoms with Gasteiger partial charge in [-0.1, -0.05) is 5.11 Å². The van der Waals surface area contributed by atoms with Gasteiger partial charge in [0.25, 0.3) is 0 Å². The van der Waals surface area contributed by atoms with Gasteiger partial charge in [0.2, 0.25) is 7.85 Å². The van der Waals surface area contributed by atoms with Crippen molar-refractivity contribution in [3.63, 3.8) is 0 Å². The number of rotatable bonds is 2. The molecule has 0 unspecified atom stereocenters. The first kappa shape index (κ1) is 10.9. The molecule has 1 aliphatic heterocycles. The standard InChI is InChI=1S/C7H10BFN4O/c8-6(14)13-3-1-2-7(9,5-13)4-11-12-10/h1-5H2/t7-/m1/s1. The maximum atomic E-state index is 13.9. The first-order valence-electron chi connectivity index (χ1n) is 4.31. The van der Waals surface area contributed by atoms with E-state index in [0.29, 0.717) is 19.4 Å². The molecule has 1 heterocycles. The lowest BCUT2D eigenvalue weighted by Gasteiger charge is -2.36. The van der Waals surface area contributed by atoms with Crippen LogP contribution in [0.2, 0.25) is 0 Å². The summed E-state index contributed by atoms with van der Waals surface area (Å²) in [5, 5.41) is 3.19. The minimum absolute atomic E-state index is 0.0820. The van der Waals surface area contributed by atoms with Crippen molar-refractivity contribution in [2.45, 2.75) is 18.5 Å². The largest absolute Gasteiger partial charge is 0.349 e. The van der Waals surface area contributed by atoms with Gasteiger partial charge in [-0.15, -0.1) is 0 Å². The number of hydrogen-bond acceptors (Lipinski definition) is 2. The second-order valence-corrected chi connectivity index (χ2v) is 3.40. The van der Waals surface area contributed by atoms with E-state index in [2.05, 4.69) is 10.0 Å². The molecule has 1 rings (SSSR count). The summed E-state index contributed by atoms with van der Waals surface area (Å²) in [7, 11) is 5.03. The highest BCUT2D eigenvalue weighted by atomic mass is 19.1. The number of hydrogen-bond donors (Lipinski definition) is 0. The van der Waals surface area contributed by atoms with Gasteiger partial charge in [0.05, 0.1) is 13.1 Å². The van der Waals surface area contributed by atoms with E-state index in [0.717, 1.165) is 0 Å². The number of amides is 1. The normalized spacial score (nSPS) is 26.8. The van der Waals surface area contributed by atoms with Crippen molar-refractivity contribution in [3.05, 3.63) is 10.4 Å². The van der Waals surface area contributed by atoms with Gasteiger partial charge in [-0.25, -0.2) is 4.39 Å². The predicted octanol–water partition coefficient (Wildman–Crippen LogP) is 1.39. The summed E-state index contributed by atoms with van der Waals surface area (Å²) in [5.41, 5.74) is 6.46. The van der Waals surface area contributed by atoms with Crippen LogP contribution < -0.4 is 0 Å². The van der Waals surface area contributed by atoms with Crippen LogP contribution >= 0.6 is 0 Å². The predicted molar refractivity (Wildman–Crippen MR) is 49.8 cm³/mol. The molecule has 7 heteroatoms. The number of piperidine rings is 1. The smallest absolute Gasteiger partial charge is 0.200 e. The van der Waals surface area contributed by atoms with Crippen LogP contribution in [0.3, 0.4) is 0 Å². The number of alkyl halides is 1. The van der Waals surface area contributed by atoms with E-state index in [1.54, 1.807) is 0 Å². The van der Waals surface area contributed by atoms with Crippen LogP contribution in [0.5, 0.6) is 0 Å². The van der Waals surface area contributed by atoms with Crippen molar-refractivity contribution in [1.82, 2.24) is 4.90 Å². The molecule has 14 heavy (non-hydrogen) atoms. The topological polar surface area (TPSA) is 69.1 Å². The molecule has 0 bridgehead atoms. The van der Waals surface area contributed by atoms with Gasteiger partial charge < -0.3 is 4.90 Å². The molecule has 1 amide bonds. The third-order valence-corrected chi connectivity index (χ3v) is 2.26. The zero-order chi connectivity index (χ0) is 10.6. The van der Waals surface area contributed by atoms with Crippen molar-refractivity contribution >= 4 is 13.7 Å². The quantitative estimate of drug-likeness (QED) is 0.284. The second-order valence-electron chi connectivity index (χ2n) is 3.40. The number of carbonyl (C=O) groups excluding carboxylic acids is 1. The molecular formula is C7H10BFN4O. The molecular weight excluding hydrogens is 186 g/mol. The highest BCUT2D eigenvalue weighted by Gasteiger charge is 2.35. The molecule has 0 aromatic heterocycles. The molecule has 5 nitrogen and oxygen atoms in total. The third-order valence-electron chi connectivity index (χ3n) is 2.26. The molecule has 1 saturated heterocycles. The molecule has 2 radical (unpaired) electrons. The SMILES string of the molecule is [B]C(=O)N1CCC[C@@](F)(CN=[N+]=[N-])C1. The van der Waals surface area contributed by atoms with Crippen molar-refractivity contribution in [2.24, 2.45) is 5.11 Å². The Morgan fingerprint density at radius 3 is 3.07 bits per heavy atom. The van der Waals surface area contributed by atoms with E-state index < -0.39 is 11.5 Å². The molecule has 1 fully saturated rings. The Morgan fingerprint density at radius 2 is 2.50 bits per heavy atom. The van der Waals surface area contributed by atoms with Gasteiger partial charge in [0.15, 0.2) is 5.81 Å². The van der Waals surface area contributed by atoms with Gasteiger partial charge in [-0.3, -0.25) is 4.79 Å². The van der Waals surface area contributed by atoms with E-state index >= 15 is 0 Å². The summed E-state index contributed by atoms with van der Waals surface area (Å²) in [6, 6.07) is 0. The molecule has 74 valence electrons. The zero-order valence-electron chi connectivity index (χ0n) is 7.69. The van der Waals surface area contributed by atoms with Crippen molar-refractivity contribution < 1.29 is 9.18 Å². The highest BCUT2D eigenvalue weighted by molar-refractivity contribution is 6.56. The zero-order valence-corrected chi connectivity index (χ0v) is 7.69. The van der Waals surface area contributed by atoms with E-state index in [4.69, 9.17) is 13.4 Å². The average molecular weight is 196 g/mol. The summed E-state index contributed by atoms with van der Waals surface area (Å²) in [5.74, 6) is -0.632. The van der Waals surface area contributed by atoms with Crippen LogP contribution in [0.1, 0.15) is 12.8 Å². The third kappa shape index (κ3) is 2.63. The Hall–Kier alpha value is -1.23. The number of halogens is 1. The molecule has 0 N–H and O–H groups in total. The van der Waals surface area contributed by atoms with Gasteiger partial charge in [0.1, 0.15) is 5.67 Å². The first-order valence-corrected chi connectivity index (χ1v) is 4.31. The second kappa shape index (κ2) is 4.33. The summed E-state index contributed by atoms with van der Waals surface area (Å²) < 4.78 is 13.9. The Kier molecular flexibility index (Phi) is 3.35. The maximum Gasteiger partial charge on any atom is 0.200 e. The number of nitrogens with zero attached hydrogens (tertiary/aromatic N) is 4. The number of likely N-dealkylation sites (tertiary alicyclic amines) is 1. The average Bonchev–Trinajstić information content (AvgIpc) is 2.15. The van der Waals surface area contributed by atoms with Gasteiger partial charge in [0, 0.05) is 11.5 Å². The molecule has 0 saturated carbocycles. The molecule has 1 atom stereocenters. The summed E-state index contributed by atoms with van der Waals surface area (Å²) in [6.07, 6.45) is 0.843. The summed E-state index contributed by atoms with van der Waals surface area (Å²) >= 11 is 0. The molecule has 0 aromatic rings. The van der Waals surface area contributed by atoms with Crippen LogP contribution in [0, 0.1) is 0 Å². The lowest BCUT2D eigenvalue weighted by molar-refractivity contribution is 0.0750. The Labute approximate surface area is 82.3 Å². The highest BCUT2D eigenvalue weighted by Crippen LogP contribution is 2.25. The molecule has 0 aromatic carbocycles. The first-order chi connectivity index (χ1) is 6.57. The summed E-state index contributed by atoms with van der Waals surface area (Å²) in [4.78, 5) is 14.5. The Balaban J connectivity index is 2.61. The minimum atomic E-state index is -1.61. The molecule has 0 aliphatic carbocycles. The lowest BCUT2D eigenvalue weighted by Crippen LogP contribution is -2.49. The fourth-order valence-corrected chi connectivity index (χ4v) is 1.56. The number of azide groups is 1. The maximum absolute atomic E-state index is 13.9. The Bertz CT molecular complexity index is 281. The van der Waals surface area contributed by atoms with E-state index in [1.165, 1.54) is 4.90 Å². The van der Waals surface area contributed by atoms with Crippen LogP contribution in [-0.4, -0.2) is 43.9 Å². The fourth-order valence-electron chi connectivity index (χ4n) is 1.56. The van der Waals surface area contributed by atoms with Gasteiger partial charge in [-0.05, 0) is 18.4 Å². The summed E-state index contributed by atoms with van der Waals surface area (Å²) in [6.45, 7) is 0.145. The van der Waals surface area contributed by atoms with Gasteiger partial charge in [-0.2, -0.15) is 0 Å². The van der Waals surface area contributed by atoms with Crippen LogP contribution in [0.4, 0.5) is 9.18 Å².